The zero-order chi connectivity index (χ0) is 18.5. The topological polar surface area (TPSA) is 17.0 Å². The van der Waals surface area contributed by atoms with Crippen LogP contribution in [0.1, 0.15) is 0 Å². The highest BCUT2D eigenvalue weighted by Gasteiger charge is 2.11. The maximum absolute atomic E-state index is 5.04. The Balaban J connectivity index is 1.67. The average molecular weight is 357 g/mol. The van der Waals surface area contributed by atoms with Crippen molar-refractivity contribution in [3.05, 3.63) is 103 Å². The maximum atomic E-state index is 5.04. The number of pyridine rings is 3. The van der Waals surface area contributed by atoms with Gasteiger partial charge in [-0.2, -0.15) is 4.40 Å². The van der Waals surface area contributed by atoms with E-state index in [0.717, 1.165) is 16.8 Å². The Bertz CT molecular complexity index is 1520. The number of para-hydroxylation sites is 1. The highest BCUT2D eigenvalue weighted by molar-refractivity contribution is 6.11. The molecule has 130 valence electrons. The molecular formula is C26H17N2+. The third-order valence-corrected chi connectivity index (χ3v) is 5.47. The number of hydrogen-bond donors (Lipinski definition) is 0. The van der Waals surface area contributed by atoms with E-state index in [2.05, 4.69) is 108 Å². The van der Waals surface area contributed by atoms with Crippen LogP contribution < -0.4 is 4.40 Å². The van der Waals surface area contributed by atoms with Crippen molar-refractivity contribution in [3.8, 4) is 11.3 Å². The Morgan fingerprint density at radius 1 is 0.607 bits per heavy atom. The predicted molar refractivity (Wildman–Crippen MR) is 115 cm³/mol. The van der Waals surface area contributed by atoms with Crippen LogP contribution in [0, 0.1) is 0 Å². The third kappa shape index (κ3) is 2.28. The van der Waals surface area contributed by atoms with Crippen molar-refractivity contribution in [2.45, 2.75) is 0 Å². The SMILES string of the molecule is c1ccc2c(c1)nc(-c1ccc3c[n+]4ccccc4cc3c1)c1ccccc12. The molecule has 0 unspecified atom stereocenters. The number of hydrogen-bond acceptors (Lipinski definition) is 1. The molecule has 0 atom stereocenters. The molecule has 0 aliphatic rings. The van der Waals surface area contributed by atoms with E-state index < -0.39 is 0 Å². The zero-order valence-corrected chi connectivity index (χ0v) is 15.2. The molecule has 2 nitrogen and oxygen atoms in total. The van der Waals surface area contributed by atoms with Crippen LogP contribution in [-0.2, 0) is 0 Å². The third-order valence-electron chi connectivity index (χ3n) is 5.47. The first-order chi connectivity index (χ1) is 13.9. The van der Waals surface area contributed by atoms with Gasteiger partial charge < -0.3 is 0 Å². The predicted octanol–water partition coefficient (Wildman–Crippen LogP) is 5.95. The fourth-order valence-electron chi connectivity index (χ4n) is 4.11. The first-order valence-corrected chi connectivity index (χ1v) is 9.48. The molecule has 0 spiro atoms. The van der Waals surface area contributed by atoms with Crippen molar-refractivity contribution in [2.75, 3.05) is 0 Å². The van der Waals surface area contributed by atoms with E-state index in [4.69, 9.17) is 4.98 Å². The van der Waals surface area contributed by atoms with Crippen LogP contribution in [0.5, 0.6) is 0 Å². The van der Waals surface area contributed by atoms with Crippen LogP contribution in [0.3, 0.4) is 0 Å². The monoisotopic (exact) mass is 357 g/mol. The lowest BCUT2D eigenvalue weighted by atomic mass is 9.98. The zero-order valence-electron chi connectivity index (χ0n) is 15.2. The highest BCUT2D eigenvalue weighted by atomic mass is 14.8. The van der Waals surface area contributed by atoms with Gasteiger partial charge in [0.25, 0.3) is 0 Å². The van der Waals surface area contributed by atoms with Gasteiger partial charge in [0.2, 0.25) is 5.52 Å². The molecule has 6 rings (SSSR count). The molecule has 2 heteroatoms. The van der Waals surface area contributed by atoms with E-state index in [1.54, 1.807) is 0 Å². The Kier molecular flexibility index (Phi) is 3.20. The number of nitrogens with zero attached hydrogens (tertiary/aromatic N) is 2. The van der Waals surface area contributed by atoms with Gasteiger partial charge in [-0.3, -0.25) is 0 Å². The Morgan fingerprint density at radius 3 is 2.32 bits per heavy atom. The molecule has 0 aliphatic carbocycles. The number of aromatic nitrogens is 2. The van der Waals surface area contributed by atoms with Crippen molar-refractivity contribution in [1.82, 2.24) is 4.98 Å². The summed E-state index contributed by atoms with van der Waals surface area (Å²) in [5, 5.41) is 6.08. The van der Waals surface area contributed by atoms with E-state index in [1.165, 1.54) is 32.4 Å². The summed E-state index contributed by atoms with van der Waals surface area (Å²) in [6.45, 7) is 0. The minimum absolute atomic E-state index is 1.03. The van der Waals surface area contributed by atoms with E-state index >= 15 is 0 Å². The summed E-state index contributed by atoms with van der Waals surface area (Å²) >= 11 is 0. The van der Waals surface area contributed by atoms with Crippen molar-refractivity contribution in [3.63, 3.8) is 0 Å². The minimum Gasteiger partial charge on any atom is -0.247 e. The molecule has 0 radical (unpaired) electrons. The smallest absolute Gasteiger partial charge is 0.211 e. The Hall–Kier alpha value is -3.78. The van der Waals surface area contributed by atoms with Crippen LogP contribution >= 0.6 is 0 Å². The summed E-state index contributed by atoms with van der Waals surface area (Å²) in [4.78, 5) is 5.04. The summed E-state index contributed by atoms with van der Waals surface area (Å²) in [6, 6.07) is 32.1. The van der Waals surface area contributed by atoms with Gasteiger partial charge in [-0.25, -0.2) is 4.98 Å². The number of fused-ring (bicyclic) bond motifs is 5. The van der Waals surface area contributed by atoms with Crippen molar-refractivity contribution in [2.24, 2.45) is 0 Å². The van der Waals surface area contributed by atoms with E-state index in [9.17, 15) is 0 Å². The molecule has 0 amide bonds. The quantitative estimate of drug-likeness (QED) is 0.202. The van der Waals surface area contributed by atoms with Crippen LogP contribution in [0.15, 0.2) is 103 Å². The molecule has 0 N–H and O–H groups in total. The fourth-order valence-corrected chi connectivity index (χ4v) is 4.11. The van der Waals surface area contributed by atoms with Gasteiger partial charge in [0.05, 0.1) is 11.2 Å². The molecule has 0 bridgehead atoms. The molecule has 3 aromatic carbocycles. The fraction of sp³-hybridized carbons (Fsp3) is 0. The van der Waals surface area contributed by atoms with Crippen LogP contribution in [0.4, 0.5) is 0 Å². The molecule has 3 aromatic heterocycles. The Labute approximate surface area is 162 Å². The van der Waals surface area contributed by atoms with E-state index in [1.807, 2.05) is 0 Å². The number of rotatable bonds is 1. The largest absolute Gasteiger partial charge is 0.247 e. The lowest BCUT2D eigenvalue weighted by molar-refractivity contribution is -0.510. The minimum atomic E-state index is 1.03. The van der Waals surface area contributed by atoms with Gasteiger partial charge in [0.15, 0.2) is 12.4 Å². The first-order valence-electron chi connectivity index (χ1n) is 9.48. The first kappa shape index (κ1) is 15.3. The molecule has 28 heavy (non-hydrogen) atoms. The van der Waals surface area contributed by atoms with E-state index in [-0.39, 0.29) is 0 Å². The second-order valence-corrected chi connectivity index (χ2v) is 7.17. The van der Waals surface area contributed by atoms with Crippen molar-refractivity contribution >= 4 is 38.0 Å². The maximum Gasteiger partial charge on any atom is 0.211 e. The molecule has 6 aromatic rings. The molecule has 0 saturated carbocycles. The summed E-state index contributed by atoms with van der Waals surface area (Å²) in [7, 11) is 0. The average Bonchev–Trinajstić information content (AvgIpc) is 2.77. The van der Waals surface area contributed by atoms with Crippen molar-refractivity contribution in [1.29, 1.82) is 0 Å². The van der Waals surface area contributed by atoms with Gasteiger partial charge in [0, 0.05) is 39.9 Å². The summed E-state index contributed by atoms with van der Waals surface area (Å²) < 4.78 is 2.16. The highest BCUT2D eigenvalue weighted by Crippen LogP contribution is 2.33. The van der Waals surface area contributed by atoms with Crippen LogP contribution in [-0.4, -0.2) is 4.98 Å². The molecule has 3 heterocycles. The summed E-state index contributed by atoms with van der Waals surface area (Å²) in [6.07, 6.45) is 4.27. The lowest BCUT2D eigenvalue weighted by Crippen LogP contribution is -2.19. The second-order valence-electron chi connectivity index (χ2n) is 7.17. The molecule has 0 saturated heterocycles. The van der Waals surface area contributed by atoms with Gasteiger partial charge in [0.1, 0.15) is 0 Å². The van der Waals surface area contributed by atoms with Gasteiger partial charge in [-0.15, -0.1) is 0 Å². The summed E-state index contributed by atoms with van der Waals surface area (Å²) in [5.41, 5.74) is 4.40. The molecule has 0 aliphatic heterocycles. The summed E-state index contributed by atoms with van der Waals surface area (Å²) in [5.74, 6) is 0. The van der Waals surface area contributed by atoms with E-state index in [0.29, 0.717) is 0 Å². The van der Waals surface area contributed by atoms with Gasteiger partial charge >= 0.3 is 0 Å². The van der Waals surface area contributed by atoms with Crippen LogP contribution in [0.2, 0.25) is 0 Å². The normalized spacial score (nSPS) is 11.6. The van der Waals surface area contributed by atoms with Gasteiger partial charge in [-0.05, 0) is 35.0 Å². The van der Waals surface area contributed by atoms with Gasteiger partial charge in [-0.1, -0.05) is 48.5 Å². The Morgan fingerprint density at radius 2 is 1.39 bits per heavy atom. The number of benzene rings is 3. The second kappa shape index (κ2) is 5.86. The lowest BCUT2D eigenvalue weighted by Gasteiger charge is -2.10. The van der Waals surface area contributed by atoms with Crippen LogP contribution in [0.25, 0.3) is 49.2 Å². The standard InChI is InChI=1S/C26H17N2/c1-2-10-24-22(8-1)23-9-3-4-11-25(23)27-26(24)18-12-13-19-17-28-14-6-5-7-21(28)16-20(19)15-18/h1-17H/q+1. The molecular weight excluding hydrogens is 340 g/mol. The van der Waals surface area contributed by atoms with Crippen molar-refractivity contribution < 1.29 is 4.40 Å². The molecule has 0 fully saturated rings.